The number of nitrogens with zero attached hydrogens (tertiary/aromatic N) is 4. The number of aromatic nitrogens is 3. The molecule has 0 radical (unpaired) electrons. The van der Waals surface area contributed by atoms with Crippen LogP contribution in [0, 0.1) is 13.8 Å². The fourth-order valence-corrected chi connectivity index (χ4v) is 4.86. The van der Waals surface area contributed by atoms with E-state index in [-0.39, 0.29) is 23.6 Å². The zero-order chi connectivity index (χ0) is 23.4. The number of rotatable bonds is 7. The van der Waals surface area contributed by atoms with Gasteiger partial charge in [0.15, 0.2) is 11.0 Å². The van der Waals surface area contributed by atoms with Gasteiger partial charge in [-0.2, -0.15) is 0 Å². The number of nitrogens with one attached hydrogen (secondary N) is 1. The Hall–Kier alpha value is -3.13. The fourth-order valence-electron chi connectivity index (χ4n) is 4.05. The van der Waals surface area contributed by atoms with Crippen LogP contribution in [0.25, 0.3) is 0 Å². The molecular formula is C25H29N5O2S. The van der Waals surface area contributed by atoms with Gasteiger partial charge in [-0.3, -0.25) is 9.59 Å². The smallest absolute Gasteiger partial charge is 0.254 e. The minimum atomic E-state index is -0.109. The number of thioether (sulfide) groups is 1. The molecule has 1 atom stereocenters. The maximum Gasteiger partial charge on any atom is 0.254 e. The Kier molecular flexibility index (Phi) is 7.13. The second kappa shape index (κ2) is 10.2. The second-order valence-corrected chi connectivity index (χ2v) is 9.25. The first-order valence-electron chi connectivity index (χ1n) is 11.3. The Balaban J connectivity index is 1.45. The van der Waals surface area contributed by atoms with Crippen LogP contribution in [0.4, 0.5) is 5.69 Å². The molecular weight excluding hydrogens is 434 g/mol. The van der Waals surface area contributed by atoms with Crippen molar-refractivity contribution in [3.05, 3.63) is 71.0 Å². The van der Waals surface area contributed by atoms with Crippen molar-refractivity contribution < 1.29 is 9.59 Å². The number of hydrogen-bond donors (Lipinski definition) is 1. The van der Waals surface area contributed by atoms with Crippen LogP contribution < -0.4 is 5.32 Å². The highest BCUT2D eigenvalue weighted by atomic mass is 32.2. The van der Waals surface area contributed by atoms with E-state index in [0.717, 1.165) is 35.5 Å². The van der Waals surface area contributed by atoms with Gasteiger partial charge < -0.3 is 14.8 Å². The Morgan fingerprint density at radius 2 is 1.70 bits per heavy atom. The summed E-state index contributed by atoms with van der Waals surface area (Å²) in [4.78, 5) is 27.5. The predicted octanol–water partition coefficient (Wildman–Crippen LogP) is 4.62. The van der Waals surface area contributed by atoms with E-state index in [9.17, 15) is 9.59 Å². The van der Waals surface area contributed by atoms with Gasteiger partial charge in [0.2, 0.25) is 5.91 Å². The third kappa shape index (κ3) is 5.27. The van der Waals surface area contributed by atoms with E-state index in [1.54, 1.807) is 0 Å². The lowest BCUT2D eigenvalue weighted by atomic mass is 10.1. The van der Waals surface area contributed by atoms with Crippen LogP contribution in [0.2, 0.25) is 0 Å². The van der Waals surface area contributed by atoms with E-state index < -0.39 is 0 Å². The van der Waals surface area contributed by atoms with Gasteiger partial charge >= 0.3 is 0 Å². The van der Waals surface area contributed by atoms with Crippen molar-refractivity contribution in [2.24, 2.45) is 0 Å². The first-order chi connectivity index (χ1) is 16.0. The molecule has 2 aromatic carbocycles. The molecule has 1 aromatic heterocycles. The van der Waals surface area contributed by atoms with Crippen molar-refractivity contribution in [1.82, 2.24) is 19.7 Å². The highest BCUT2D eigenvalue weighted by Crippen LogP contribution is 2.34. The number of aryl methyl sites for hydroxylation is 2. The van der Waals surface area contributed by atoms with Crippen molar-refractivity contribution in [1.29, 1.82) is 0 Å². The van der Waals surface area contributed by atoms with Crippen molar-refractivity contribution in [3.63, 3.8) is 0 Å². The Morgan fingerprint density at radius 1 is 1.03 bits per heavy atom. The Bertz CT molecular complexity index is 1120. The molecule has 7 nitrogen and oxygen atoms in total. The maximum atomic E-state index is 13.2. The zero-order valence-electron chi connectivity index (χ0n) is 19.2. The summed E-state index contributed by atoms with van der Waals surface area (Å²) in [5.41, 5.74) is 3.74. The molecule has 1 unspecified atom stereocenters. The number of hydrogen-bond acceptors (Lipinski definition) is 5. The van der Waals surface area contributed by atoms with Crippen LogP contribution in [-0.4, -0.2) is 43.8 Å². The van der Waals surface area contributed by atoms with Gasteiger partial charge in [-0.15, -0.1) is 10.2 Å². The van der Waals surface area contributed by atoms with E-state index in [0.29, 0.717) is 23.8 Å². The number of benzene rings is 2. The summed E-state index contributed by atoms with van der Waals surface area (Å²) in [6.07, 6.45) is 1.79. The molecule has 8 heteroatoms. The monoisotopic (exact) mass is 463 g/mol. The predicted molar refractivity (Wildman–Crippen MR) is 130 cm³/mol. The molecule has 1 N–H and O–H groups in total. The minimum absolute atomic E-state index is 0.0230. The van der Waals surface area contributed by atoms with E-state index >= 15 is 0 Å². The first-order valence-corrected chi connectivity index (χ1v) is 12.2. The molecule has 2 heterocycles. The van der Waals surface area contributed by atoms with E-state index in [1.165, 1.54) is 11.8 Å². The average Bonchev–Trinajstić information content (AvgIpc) is 3.45. The maximum absolute atomic E-state index is 13.2. The van der Waals surface area contributed by atoms with E-state index in [4.69, 9.17) is 0 Å². The summed E-state index contributed by atoms with van der Waals surface area (Å²) in [6.45, 7) is 7.43. The van der Waals surface area contributed by atoms with E-state index in [1.807, 2.05) is 78.8 Å². The molecule has 2 amide bonds. The molecule has 33 heavy (non-hydrogen) atoms. The van der Waals surface area contributed by atoms with E-state index in [2.05, 4.69) is 15.5 Å². The molecule has 1 saturated heterocycles. The van der Waals surface area contributed by atoms with Gasteiger partial charge in [0.05, 0.1) is 11.8 Å². The first kappa shape index (κ1) is 23.0. The third-order valence-corrected chi connectivity index (χ3v) is 6.81. The number of anilines is 1. The van der Waals surface area contributed by atoms with Gasteiger partial charge in [0.25, 0.3) is 5.91 Å². The molecule has 0 bridgehead atoms. The fraction of sp³-hybridized carbons (Fsp3) is 0.360. The van der Waals surface area contributed by atoms with Gasteiger partial charge in [0.1, 0.15) is 0 Å². The summed E-state index contributed by atoms with van der Waals surface area (Å²) >= 11 is 1.36. The van der Waals surface area contributed by atoms with Crippen molar-refractivity contribution in [3.8, 4) is 0 Å². The average molecular weight is 464 g/mol. The molecule has 3 aromatic rings. The van der Waals surface area contributed by atoms with Gasteiger partial charge in [-0.1, -0.05) is 47.2 Å². The second-order valence-electron chi connectivity index (χ2n) is 8.31. The quantitative estimate of drug-likeness (QED) is 0.517. The lowest BCUT2D eigenvalue weighted by Crippen LogP contribution is -2.32. The van der Waals surface area contributed by atoms with Crippen molar-refractivity contribution >= 4 is 29.3 Å². The van der Waals surface area contributed by atoms with Gasteiger partial charge in [0, 0.05) is 24.3 Å². The van der Waals surface area contributed by atoms with Crippen LogP contribution in [-0.2, 0) is 11.3 Å². The molecule has 0 saturated carbocycles. The lowest BCUT2D eigenvalue weighted by Gasteiger charge is -2.24. The van der Waals surface area contributed by atoms with Crippen molar-refractivity contribution in [2.45, 2.75) is 51.4 Å². The topological polar surface area (TPSA) is 80.1 Å². The molecule has 1 aliphatic heterocycles. The van der Waals surface area contributed by atoms with Crippen LogP contribution in [0.1, 0.15) is 53.1 Å². The van der Waals surface area contributed by atoms with Crippen molar-refractivity contribution in [2.75, 3.05) is 17.6 Å². The van der Waals surface area contributed by atoms with Gasteiger partial charge in [-0.25, -0.2) is 0 Å². The highest BCUT2D eigenvalue weighted by Gasteiger charge is 2.34. The molecule has 1 aliphatic rings. The molecule has 1 fully saturated rings. The zero-order valence-corrected chi connectivity index (χ0v) is 20.1. The summed E-state index contributed by atoms with van der Waals surface area (Å²) in [6, 6.07) is 15.3. The molecule has 0 spiro atoms. The number of carbonyl (C=O) groups excluding carboxylic acids is 2. The standard InChI is InChI=1S/C25H29N5O2S/c1-4-29-23(21-6-5-15-30(21)24(32)19-11-7-17(2)8-12-19)27-28-25(29)33-16-22(31)26-20-13-9-18(3)10-14-20/h7-14,21H,4-6,15-16H2,1-3H3,(H,26,31). The molecule has 4 rings (SSSR count). The lowest BCUT2D eigenvalue weighted by molar-refractivity contribution is -0.113. The molecule has 172 valence electrons. The van der Waals surface area contributed by atoms with Crippen LogP contribution >= 0.6 is 11.8 Å². The Morgan fingerprint density at radius 3 is 2.36 bits per heavy atom. The highest BCUT2D eigenvalue weighted by molar-refractivity contribution is 7.99. The van der Waals surface area contributed by atoms with Crippen LogP contribution in [0.5, 0.6) is 0 Å². The normalized spacial score (nSPS) is 15.6. The summed E-state index contributed by atoms with van der Waals surface area (Å²) in [5.74, 6) is 0.961. The third-order valence-electron chi connectivity index (χ3n) is 5.84. The number of amides is 2. The number of carbonyl (C=O) groups is 2. The summed E-state index contributed by atoms with van der Waals surface area (Å²) in [7, 11) is 0. The van der Waals surface area contributed by atoms with Gasteiger partial charge in [-0.05, 0) is 57.9 Å². The minimum Gasteiger partial charge on any atom is -0.328 e. The van der Waals surface area contributed by atoms with Crippen LogP contribution in [0.15, 0.2) is 53.7 Å². The molecule has 0 aliphatic carbocycles. The SMILES string of the molecule is CCn1c(SCC(=O)Nc2ccc(C)cc2)nnc1C1CCCN1C(=O)c1ccc(C)cc1. The largest absolute Gasteiger partial charge is 0.328 e. The van der Waals surface area contributed by atoms with Crippen LogP contribution in [0.3, 0.4) is 0 Å². The summed E-state index contributed by atoms with van der Waals surface area (Å²) < 4.78 is 2.02. The Labute approximate surface area is 198 Å². The summed E-state index contributed by atoms with van der Waals surface area (Å²) in [5, 5.41) is 12.4. The number of likely N-dealkylation sites (tertiary alicyclic amines) is 1.